The van der Waals surface area contributed by atoms with Crippen molar-refractivity contribution in [2.75, 3.05) is 5.73 Å². The average molecular weight is 246 g/mol. The van der Waals surface area contributed by atoms with E-state index in [-0.39, 0.29) is 0 Å². The van der Waals surface area contributed by atoms with Crippen LogP contribution in [0.3, 0.4) is 0 Å². The van der Waals surface area contributed by atoms with Crippen molar-refractivity contribution in [3.63, 3.8) is 0 Å². The number of anilines is 1. The van der Waals surface area contributed by atoms with Gasteiger partial charge in [0.15, 0.2) is 0 Å². The fraction of sp³-hybridized carbons (Fsp3) is 0. The van der Waals surface area contributed by atoms with Crippen LogP contribution >= 0.6 is 11.8 Å². The van der Waals surface area contributed by atoms with Crippen molar-refractivity contribution in [3.8, 4) is 0 Å². The second kappa shape index (κ2) is 4.84. The number of carbonyl (C=O) groups is 1. The molecule has 0 unspecified atom stereocenters. The van der Waals surface area contributed by atoms with Gasteiger partial charge in [-0.05, 0) is 18.2 Å². The molecule has 2 aromatic rings. The minimum atomic E-state index is -0.489. The number of carbonyl (C=O) groups excluding carboxylic acids is 1. The molecule has 0 atom stereocenters. The lowest BCUT2D eigenvalue weighted by Crippen LogP contribution is -2.12. The maximum Gasteiger partial charge on any atom is 0.249 e. The molecule has 0 spiro atoms. The molecule has 86 valence electrons. The third-order valence-corrected chi connectivity index (χ3v) is 3.00. The Hall–Kier alpha value is -2.08. The largest absolute Gasteiger partial charge is 0.399 e. The van der Waals surface area contributed by atoms with Gasteiger partial charge in [0.05, 0.1) is 11.8 Å². The molecule has 0 saturated heterocycles. The topological polar surface area (TPSA) is 94.9 Å². The molecule has 17 heavy (non-hydrogen) atoms. The second-order valence-corrected chi connectivity index (χ2v) is 4.33. The van der Waals surface area contributed by atoms with Crippen molar-refractivity contribution in [3.05, 3.63) is 42.4 Å². The van der Waals surface area contributed by atoms with Crippen LogP contribution < -0.4 is 11.5 Å². The van der Waals surface area contributed by atoms with E-state index >= 15 is 0 Å². The van der Waals surface area contributed by atoms with Gasteiger partial charge >= 0.3 is 0 Å². The number of aromatic nitrogens is 2. The van der Waals surface area contributed by atoms with Crippen molar-refractivity contribution in [2.24, 2.45) is 5.73 Å². The van der Waals surface area contributed by atoms with Gasteiger partial charge in [-0.1, -0.05) is 11.8 Å². The highest BCUT2D eigenvalue weighted by atomic mass is 32.2. The minimum absolute atomic E-state index is 0.426. The van der Waals surface area contributed by atoms with Crippen LogP contribution in [0.2, 0.25) is 0 Å². The zero-order chi connectivity index (χ0) is 12.3. The Morgan fingerprint density at radius 3 is 2.76 bits per heavy atom. The van der Waals surface area contributed by atoms with Crippen LogP contribution in [0.4, 0.5) is 5.69 Å². The van der Waals surface area contributed by atoms with E-state index in [1.165, 1.54) is 11.8 Å². The molecule has 0 bridgehead atoms. The summed E-state index contributed by atoms with van der Waals surface area (Å²) in [6.45, 7) is 0. The predicted molar refractivity (Wildman–Crippen MR) is 65.5 cm³/mol. The zero-order valence-electron chi connectivity index (χ0n) is 8.83. The number of nitrogens with zero attached hydrogens (tertiary/aromatic N) is 2. The van der Waals surface area contributed by atoms with Gasteiger partial charge in [-0.3, -0.25) is 9.78 Å². The van der Waals surface area contributed by atoms with Crippen LogP contribution in [-0.2, 0) is 0 Å². The first kappa shape index (κ1) is 11.4. The van der Waals surface area contributed by atoms with E-state index in [2.05, 4.69) is 9.97 Å². The standard InChI is InChI=1S/C11H10N4OS/c12-7-1-2-8(11(13)16)9(5-7)17-10-6-14-3-4-15-10/h1-6H,12H2,(H2,13,16). The van der Waals surface area contributed by atoms with Crippen LogP contribution in [0.25, 0.3) is 0 Å². The molecule has 0 aliphatic heterocycles. The van der Waals surface area contributed by atoms with Gasteiger partial charge in [-0.15, -0.1) is 0 Å². The SMILES string of the molecule is NC(=O)c1ccc(N)cc1Sc1cnccn1. The third-order valence-electron chi connectivity index (χ3n) is 2.03. The number of benzene rings is 1. The minimum Gasteiger partial charge on any atom is -0.399 e. The van der Waals surface area contributed by atoms with E-state index in [0.717, 1.165) is 0 Å². The van der Waals surface area contributed by atoms with E-state index in [9.17, 15) is 4.79 Å². The lowest BCUT2D eigenvalue weighted by Gasteiger charge is -2.06. The molecule has 6 heteroatoms. The molecule has 1 heterocycles. The summed E-state index contributed by atoms with van der Waals surface area (Å²) in [7, 11) is 0. The monoisotopic (exact) mass is 246 g/mol. The Kier molecular flexibility index (Phi) is 3.24. The van der Waals surface area contributed by atoms with Crippen molar-refractivity contribution < 1.29 is 4.79 Å². The Morgan fingerprint density at radius 2 is 2.12 bits per heavy atom. The summed E-state index contributed by atoms with van der Waals surface area (Å²) in [5, 5.41) is 0.681. The summed E-state index contributed by atoms with van der Waals surface area (Å²) in [6.07, 6.45) is 4.77. The maximum atomic E-state index is 11.3. The molecule has 4 N–H and O–H groups in total. The van der Waals surface area contributed by atoms with Crippen molar-refractivity contribution in [1.82, 2.24) is 9.97 Å². The second-order valence-electron chi connectivity index (χ2n) is 3.27. The van der Waals surface area contributed by atoms with E-state index in [1.807, 2.05) is 0 Å². The molecule has 0 aliphatic rings. The zero-order valence-corrected chi connectivity index (χ0v) is 9.65. The highest BCUT2D eigenvalue weighted by Gasteiger charge is 2.10. The highest BCUT2D eigenvalue weighted by Crippen LogP contribution is 2.29. The Bertz CT molecular complexity index is 544. The molecule has 2 rings (SSSR count). The first-order valence-electron chi connectivity index (χ1n) is 4.80. The number of nitrogen functional groups attached to an aromatic ring is 1. The van der Waals surface area contributed by atoms with Crippen LogP contribution in [0.5, 0.6) is 0 Å². The number of rotatable bonds is 3. The fourth-order valence-corrected chi connectivity index (χ4v) is 2.20. The Morgan fingerprint density at radius 1 is 1.29 bits per heavy atom. The predicted octanol–water partition coefficient (Wildman–Crippen LogP) is 1.31. The summed E-state index contributed by atoms with van der Waals surface area (Å²) < 4.78 is 0. The number of nitrogens with two attached hydrogens (primary N) is 2. The fourth-order valence-electron chi connectivity index (χ4n) is 1.28. The van der Waals surface area contributed by atoms with E-state index < -0.39 is 5.91 Å². The molecule has 5 nitrogen and oxygen atoms in total. The highest BCUT2D eigenvalue weighted by molar-refractivity contribution is 7.99. The molecular weight excluding hydrogens is 236 g/mol. The first-order valence-corrected chi connectivity index (χ1v) is 5.61. The van der Waals surface area contributed by atoms with E-state index in [4.69, 9.17) is 11.5 Å². The number of hydrogen-bond donors (Lipinski definition) is 2. The van der Waals surface area contributed by atoms with Crippen molar-refractivity contribution in [1.29, 1.82) is 0 Å². The van der Waals surface area contributed by atoms with Gasteiger partial charge in [0, 0.05) is 23.0 Å². The van der Waals surface area contributed by atoms with E-state index in [1.54, 1.807) is 36.8 Å². The molecular formula is C11H10N4OS. The summed E-state index contributed by atoms with van der Waals surface area (Å²) >= 11 is 1.30. The van der Waals surface area contributed by atoms with E-state index in [0.29, 0.717) is 21.2 Å². The van der Waals surface area contributed by atoms with Crippen LogP contribution in [0, 0.1) is 0 Å². The lowest BCUT2D eigenvalue weighted by atomic mass is 10.2. The van der Waals surface area contributed by atoms with Gasteiger partial charge < -0.3 is 11.5 Å². The molecule has 1 aromatic carbocycles. The Balaban J connectivity index is 2.37. The summed E-state index contributed by atoms with van der Waals surface area (Å²) in [4.78, 5) is 20.0. The molecule has 0 fully saturated rings. The van der Waals surface area contributed by atoms with Crippen molar-refractivity contribution in [2.45, 2.75) is 9.92 Å². The molecule has 0 aliphatic carbocycles. The normalized spacial score (nSPS) is 10.1. The smallest absolute Gasteiger partial charge is 0.249 e. The van der Waals surface area contributed by atoms with Crippen LogP contribution in [-0.4, -0.2) is 15.9 Å². The average Bonchev–Trinajstić information content (AvgIpc) is 2.30. The molecule has 1 aromatic heterocycles. The first-order chi connectivity index (χ1) is 8.16. The third kappa shape index (κ3) is 2.73. The Labute approximate surface area is 102 Å². The van der Waals surface area contributed by atoms with Gasteiger partial charge in [-0.25, -0.2) is 4.98 Å². The van der Waals surface area contributed by atoms with Gasteiger partial charge in [-0.2, -0.15) is 0 Å². The quantitative estimate of drug-likeness (QED) is 0.796. The summed E-state index contributed by atoms with van der Waals surface area (Å²) in [6, 6.07) is 4.94. The van der Waals surface area contributed by atoms with Gasteiger partial charge in [0.25, 0.3) is 0 Å². The molecule has 0 saturated carbocycles. The summed E-state index contributed by atoms with van der Waals surface area (Å²) in [5.74, 6) is -0.489. The maximum absolute atomic E-state index is 11.3. The number of hydrogen-bond acceptors (Lipinski definition) is 5. The summed E-state index contributed by atoms with van der Waals surface area (Å²) in [5.41, 5.74) is 12.0. The van der Waals surface area contributed by atoms with Crippen molar-refractivity contribution >= 4 is 23.4 Å². The lowest BCUT2D eigenvalue weighted by molar-refractivity contribution is 0.0997. The molecule has 1 amide bonds. The van der Waals surface area contributed by atoms with Gasteiger partial charge in [0.1, 0.15) is 5.03 Å². The van der Waals surface area contributed by atoms with Gasteiger partial charge in [0.2, 0.25) is 5.91 Å². The number of amides is 1. The number of primary amides is 1. The molecule has 0 radical (unpaired) electrons. The van der Waals surface area contributed by atoms with Crippen LogP contribution in [0.15, 0.2) is 46.7 Å². The van der Waals surface area contributed by atoms with Crippen LogP contribution in [0.1, 0.15) is 10.4 Å².